The molecule has 0 atom stereocenters. The minimum Gasteiger partial charge on any atom is -0.338 e. The summed E-state index contributed by atoms with van der Waals surface area (Å²) in [6.07, 6.45) is 9.86. The zero-order valence-corrected chi connectivity index (χ0v) is 10.8. The second-order valence-corrected chi connectivity index (χ2v) is 4.16. The maximum atomic E-state index is 11.5. The second kappa shape index (κ2) is 8.19. The molecule has 0 aliphatic heterocycles. The molecular weight excluding hydrogens is 224 g/mol. The van der Waals surface area contributed by atoms with Gasteiger partial charge < -0.3 is 10.6 Å². The van der Waals surface area contributed by atoms with Crippen LogP contribution < -0.4 is 10.6 Å². The zero-order chi connectivity index (χ0) is 13.2. The molecule has 0 saturated heterocycles. The van der Waals surface area contributed by atoms with Crippen LogP contribution in [-0.2, 0) is 0 Å². The number of benzene rings is 1. The third kappa shape index (κ3) is 5.40. The summed E-state index contributed by atoms with van der Waals surface area (Å²) in [6.45, 7) is 2.88. The van der Waals surface area contributed by atoms with Crippen molar-refractivity contribution in [1.29, 1.82) is 0 Å². The summed E-state index contributed by atoms with van der Waals surface area (Å²) in [5, 5.41) is 5.59. The van der Waals surface area contributed by atoms with E-state index in [1.54, 1.807) is 24.3 Å². The van der Waals surface area contributed by atoms with Gasteiger partial charge in [0.2, 0.25) is 0 Å². The summed E-state index contributed by atoms with van der Waals surface area (Å²) in [5.74, 6) is 2.53. The van der Waals surface area contributed by atoms with Crippen molar-refractivity contribution in [3.05, 3.63) is 29.8 Å². The Bertz CT molecular complexity index is 403. The molecule has 0 saturated carbocycles. The third-order valence-electron chi connectivity index (χ3n) is 2.63. The Morgan fingerprint density at radius 2 is 1.94 bits per heavy atom. The predicted molar refractivity (Wildman–Crippen MR) is 75.5 cm³/mol. The number of unbranched alkanes of at least 4 members (excludes halogenated alkanes) is 3. The average molecular weight is 244 g/mol. The maximum Gasteiger partial charge on any atom is 0.319 e. The number of anilines is 1. The van der Waals surface area contributed by atoms with Crippen LogP contribution in [0.2, 0.25) is 0 Å². The lowest BCUT2D eigenvalue weighted by Gasteiger charge is -2.07. The first-order chi connectivity index (χ1) is 8.76. The summed E-state index contributed by atoms with van der Waals surface area (Å²) in [4.78, 5) is 11.5. The minimum atomic E-state index is -0.167. The van der Waals surface area contributed by atoms with Crippen LogP contribution in [0.3, 0.4) is 0 Å². The number of hydrogen-bond donors (Lipinski definition) is 2. The molecule has 0 aromatic heterocycles. The van der Waals surface area contributed by atoms with Crippen LogP contribution in [0.4, 0.5) is 10.5 Å². The van der Waals surface area contributed by atoms with Crippen molar-refractivity contribution in [3.63, 3.8) is 0 Å². The minimum absolute atomic E-state index is 0.167. The van der Waals surface area contributed by atoms with Crippen molar-refractivity contribution in [1.82, 2.24) is 5.32 Å². The fourth-order valence-electron chi connectivity index (χ4n) is 1.58. The molecule has 1 aromatic carbocycles. The van der Waals surface area contributed by atoms with Crippen LogP contribution >= 0.6 is 0 Å². The normalized spacial score (nSPS) is 9.56. The van der Waals surface area contributed by atoms with Crippen molar-refractivity contribution in [2.75, 3.05) is 11.9 Å². The molecule has 0 heterocycles. The summed E-state index contributed by atoms with van der Waals surface area (Å²) >= 11 is 0. The first-order valence-electron chi connectivity index (χ1n) is 6.37. The largest absolute Gasteiger partial charge is 0.338 e. The van der Waals surface area contributed by atoms with Crippen LogP contribution in [0, 0.1) is 12.3 Å². The van der Waals surface area contributed by atoms with Gasteiger partial charge >= 0.3 is 6.03 Å². The van der Waals surface area contributed by atoms with E-state index in [9.17, 15) is 4.79 Å². The lowest BCUT2D eigenvalue weighted by molar-refractivity contribution is 0.252. The van der Waals surface area contributed by atoms with Gasteiger partial charge in [0.1, 0.15) is 0 Å². The van der Waals surface area contributed by atoms with Crippen LogP contribution in [-0.4, -0.2) is 12.6 Å². The molecule has 0 bridgehead atoms. The Hall–Kier alpha value is -1.95. The number of nitrogens with one attached hydrogen (secondary N) is 2. The van der Waals surface area contributed by atoms with E-state index in [2.05, 4.69) is 23.5 Å². The van der Waals surface area contributed by atoms with E-state index >= 15 is 0 Å². The fourth-order valence-corrected chi connectivity index (χ4v) is 1.58. The highest BCUT2D eigenvalue weighted by Gasteiger charge is 2.00. The van der Waals surface area contributed by atoms with Gasteiger partial charge in [-0.1, -0.05) is 32.1 Å². The molecule has 0 aliphatic rings. The Balaban J connectivity index is 2.25. The van der Waals surface area contributed by atoms with Gasteiger partial charge in [0.15, 0.2) is 0 Å². The molecule has 2 amide bonds. The number of urea groups is 1. The standard InChI is InChI=1S/C15H20N2O/c1-3-5-6-7-12-16-15(18)17-14-10-8-13(4-2)9-11-14/h2,8-11H,3,5-7,12H2,1H3,(H2,16,17,18). The van der Waals surface area contributed by atoms with E-state index in [1.165, 1.54) is 12.8 Å². The molecule has 0 spiro atoms. The Kier molecular flexibility index (Phi) is 6.42. The highest BCUT2D eigenvalue weighted by atomic mass is 16.2. The maximum absolute atomic E-state index is 11.5. The van der Waals surface area contributed by atoms with E-state index in [0.29, 0.717) is 6.54 Å². The lowest BCUT2D eigenvalue weighted by Crippen LogP contribution is -2.29. The SMILES string of the molecule is C#Cc1ccc(NC(=O)NCCCCCC)cc1. The highest BCUT2D eigenvalue weighted by molar-refractivity contribution is 5.89. The number of carbonyl (C=O) groups is 1. The van der Waals surface area contributed by atoms with Crippen molar-refractivity contribution >= 4 is 11.7 Å². The molecule has 0 fully saturated rings. The molecule has 0 unspecified atom stereocenters. The van der Waals surface area contributed by atoms with Crippen molar-refractivity contribution in [2.45, 2.75) is 32.6 Å². The zero-order valence-electron chi connectivity index (χ0n) is 10.8. The molecule has 0 radical (unpaired) electrons. The second-order valence-electron chi connectivity index (χ2n) is 4.16. The Labute approximate surface area is 109 Å². The van der Waals surface area contributed by atoms with Gasteiger partial charge in [-0.2, -0.15) is 0 Å². The Morgan fingerprint density at radius 3 is 2.56 bits per heavy atom. The summed E-state index contributed by atoms with van der Waals surface area (Å²) in [5.41, 5.74) is 1.56. The summed E-state index contributed by atoms with van der Waals surface area (Å²) in [7, 11) is 0. The van der Waals surface area contributed by atoms with Gasteiger partial charge in [-0.25, -0.2) is 4.79 Å². The van der Waals surface area contributed by atoms with Gasteiger partial charge in [0.25, 0.3) is 0 Å². The number of hydrogen-bond acceptors (Lipinski definition) is 1. The highest BCUT2D eigenvalue weighted by Crippen LogP contribution is 2.08. The molecule has 18 heavy (non-hydrogen) atoms. The molecule has 2 N–H and O–H groups in total. The van der Waals surface area contributed by atoms with Crippen molar-refractivity contribution in [3.8, 4) is 12.3 Å². The molecular formula is C15H20N2O. The van der Waals surface area contributed by atoms with E-state index in [4.69, 9.17) is 6.42 Å². The lowest BCUT2D eigenvalue weighted by atomic mass is 10.2. The quantitative estimate of drug-likeness (QED) is 0.584. The smallest absolute Gasteiger partial charge is 0.319 e. The van der Waals surface area contributed by atoms with Crippen LogP contribution in [0.15, 0.2) is 24.3 Å². The number of rotatable bonds is 6. The van der Waals surface area contributed by atoms with Crippen molar-refractivity contribution in [2.24, 2.45) is 0 Å². The van der Waals surface area contributed by atoms with E-state index < -0.39 is 0 Å². The van der Waals surface area contributed by atoms with E-state index in [1.807, 2.05) is 0 Å². The number of amides is 2. The predicted octanol–water partition coefficient (Wildman–Crippen LogP) is 3.37. The molecule has 1 aromatic rings. The molecule has 3 nitrogen and oxygen atoms in total. The summed E-state index contributed by atoms with van der Waals surface area (Å²) < 4.78 is 0. The molecule has 0 aliphatic carbocycles. The van der Waals surface area contributed by atoms with Gasteiger partial charge in [0, 0.05) is 17.8 Å². The number of carbonyl (C=O) groups excluding carboxylic acids is 1. The van der Waals surface area contributed by atoms with Crippen LogP contribution in [0.5, 0.6) is 0 Å². The fraction of sp³-hybridized carbons (Fsp3) is 0.400. The van der Waals surface area contributed by atoms with Crippen molar-refractivity contribution < 1.29 is 4.79 Å². The van der Waals surface area contributed by atoms with Crippen LogP contribution in [0.1, 0.15) is 38.2 Å². The topological polar surface area (TPSA) is 41.1 Å². The Morgan fingerprint density at radius 1 is 1.22 bits per heavy atom. The van der Waals surface area contributed by atoms with E-state index in [-0.39, 0.29) is 6.03 Å². The first kappa shape index (κ1) is 14.1. The van der Waals surface area contributed by atoms with Gasteiger partial charge in [-0.05, 0) is 30.7 Å². The van der Waals surface area contributed by atoms with Gasteiger partial charge in [0.05, 0.1) is 0 Å². The molecule has 96 valence electrons. The monoisotopic (exact) mass is 244 g/mol. The van der Waals surface area contributed by atoms with Gasteiger partial charge in [-0.3, -0.25) is 0 Å². The van der Waals surface area contributed by atoms with Gasteiger partial charge in [-0.15, -0.1) is 6.42 Å². The summed E-state index contributed by atoms with van der Waals surface area (Å²) in [6, 6.07) is 7.03. The first-order valence-corrected chi connectivity index (χ1v) is 6.37. The third-order valence-corrected chi connectivity index (χ3v) is 2.63. The van der Waals surface area contributed by atoms with E-state index in [0.717, 1.165) is 24.1 Å². The van der Waals surface area contributed by atoms with Crippen LogP contribution in [0.25, 0.3) is 0 Å². The molecule has 3 heteroatoms. The number of terminal acetylenes is 1. The average Bonchev–Trinajstić information content (AvgIpc) is 2.39. The molecule has 1 rings (SSSR count).